The number of carbonyl (C=O) groups is 3. The van der Waals surface area contributed by atoms with Crippen LogP contribution in [-0.4, -0.2) is 42.3 Å². The first kappa shape index (κ1) is 13.2. The van der Waals surface area contributed by atoms with Crippen LogP contribution in [0.2, 0.25) is 0 Å². The summed E-state index contributed by atoms with van der Waals surface area (Å²) in [6.45, 7) is 4.72. The minimum atomic E-state index is -0.288. The van der Waals surface area contributed by atoms with Gasteiger partial charge in [-0.25, -0.2) is 0 Å². The molecule has 0 spiro atoms. The van der Waals surface area contributed by atoms with E-state index >= 15 is 0 Å². The molecule has 0 aromatic carbocycles. The van der Waals surface area contributed by atoms with E-state index < -0.39 is 0 Å². The summed E-state index contributed by atoms with van der Waals surface area (Å²) in [6.07, 6.45) is 1.35. The number of ketones is 1. The molecule has 2 aliphatic heterocycles. The molecular weight excluding hydrogens is 234 g/mol. The molecule has 5 nitrogen and oxygen atoms in total. The Morgan fingerprint density at radius 1 is 1.33 bits per heavy atom. The zero-order valence-corrected chi connectivity index (χ0v) is 10.9. The van der Waals surface area contributed by atoms with Crippen LogP contribution >= 0.6 is 0 Å². The molecule has 0 aromatic rings. The maximum atomic E-state index is 11.9. The van der Waals surface area contributed by atoms with Crippen molar-refractivity contribution in [2.24, 2.45) is 11.3 Å². The largest absolute Gasteiger partial charge is 0.381 e. The van der Waals surface area contributed by atoms with E-state index in [2.05, 4.69) is 0 Å². The Hall–Kier alpha value is -1.23. The second-order valence-corrected chi connectivity index (χ2v) is 5.92. The van der Waals surface area contributed by atoms with Crippen LogP contribution in [0.4, 0.5) is 0 Å². The van der Waals surface area contributed by atoms with Crippen LogP contribution in [0.1, 0.15) is 33.1 Å². The molecule has 0 aliphatic carbocycles. The van der Waals surface area contributed by atoms with Gasteiger partial charge in [-0.05, 0) is 11.8 Å². The predicted octanol–water partition coefficient (Wildman–Crippen LogP) is 0.767. The van der Waals surface area contributed by atoms with E-state index in [4.69, 9.17) is 4.74 Å². The van der Waals surface area contributed by atoms with E-state index in [9.17, 15) is 14.4 Å². The molecular formula is C13H19NO4. The molecule has 2 amide bonds. The molecule has 0 N–H and O–H groups in total. The number of rotatable bonds is 3. The molecule has 5 heteroatoms. The van der Waals surface area contributed by atoms with E-state index in [1.807, 2.05) is 13.8 Å². The van der Waals surface area contributed by atoms with E-state index in [1.165, 1.54) is 0 Å². The van der Waals surface area contributed by atoms with Gasteiger partial charge >= 0.3 is 0 Å². The van der Waals surface area contributed by atoms with Crippen molar-refractivity contribution >= 4 is 17.6 Å². The second kappa shape index (κ2) is 4.80. The minimum Gasteiger partial charge on any atom is -0.381 e. The van der Waals surface area contributed by atoms with Crippen molar-refractivity contribution in [2.45, 2.75) is 33.1 Å². The lowest BCUT2D eigenvalue weighted by Gasteiger charge is -2.34. The van der Waals surface area contributed by atoms with Gasteiger partial charge in [0, 0.05) is 25.4 Å². The molecule has 2 saturated heterocycles. The standard InChI is InChI=1S/C13H19NO4/c1-13(2)5-11(16)14(12(17)6-13)7-10(15)9-3-4-18-8-9/h9H,3-8H2,1-2H3. The van der Waals surface area contributed by atoms with Crippen molar-refractivity contribution in [3.05, 3.63) is 0 Å². The van der Waals surface area contributed by atoms with Crippen molar-refractivity contribution in [1.82, 2.24) is 4.90 Å². The highest BCUT2D eigenvalue weighted by atomic mass is 16.5. The number of carbonyl (C=O) groups excluding carboxylic acids is 3. The molecule has 18 heavy (non-hydrogen) atoms. The van der Waals surface area contributed by atoms with Crippen LogP contribution in [0.3, 0.4) is 0 Å². The van der Waals surface area contributed by atoms with Crippen molar-refractivity contribution in [3.8, 4) is 0 Å². The van der Waals surface area contributed by atoms with E-state index in [1.54, 1.807) is 0 Å². The van der Waals surface area contributed by atoms with Gasteiger partial charge in [0.05, 0.1) is 13.2 Å². The fourth-order valence-corrected chi connectivity index (χ4v) is 2.46. The molecule has 1 unspecified atom stereocenters. The highest BCUT2D eigenvalue weighted by Gasteiger charge is 2.39. The number of likely N-dealkylation sites (tertiary alicyclic amines) is 1. The fourth-order valence-electron chi connectivity index (χ4n) is 2.46. The van der Waals surface area contributed by atoms with Crippen molar-refractivity contribution < 1.29 is 19.1 Å². The summed E-state index contributed by atoms with van der Waals surface area (Å²) in [6, 6.07) is 0. The second-order valence-electron chi connectivity index (χ2n) is 5.92. The van der Waals surface area contributed by atoms with Crippen LogP contribution in [0.5, 0.6) is 0 Å². The molecule has 0 bridgehead atoms. The maximum absolute atomic E-state index is 11.9. The van der Waals surface area contributed by atoms with Crippen LogP contribution in [0.15, 0.2) is 0 Å². The monoisotopic (exact) mass is 253 g/mol. The van der Waals surface area contributed by atoms with Gasteiger partial charge in [-0.3, -0.25) is 19.3 Å². The summed E-state index contributed by atoms with van der Waals surface area (Å²) in [7, 11) is 0. The van der Waals surface area contributed by atoms with E-state index in [-0.39, 0.29) is 35.5 Å². The third kappa shape index (κ3) is 2.77. The van der Waals surface area contributed by atoms with Crippen LogP contribution in [0, 0.1) is 11.3 Å². The smallest absolute Gasteiger partial charge is 0.230 e. The van der Waals surface area contributed by atoms with Crippen molar-refractivity contribution in [3.63, 3.8) is 0 Å². The molecule has 0 aromatic heterocycles. The Bertz CT molecular complexity index is 362. The first-order valence-electron chi connectivity index (χ1n) is 6.33. The lowest BCUT2D eigenvalue weighted by molar-refractivity contribution is -0.155. The third-order valence-corrected chi connectivity index (χ3v) is 3.56. The summed E-state index contributed by atoms with van der Waals surface area (Å²) in [5.41, 5.74) is -0.288. The van der Waals surface area contributed by atoms with Crippen LogP contribution < -0.4 is 0 Å². The Morgan fingerprint density at radius 3 is 2.44 bits per heavy atom. The number of Topliss-reactive ketones (excluding diaryl/α,β-unsaturated/α-hetero) is 1. The fraction of sp³-hybridized carbons (Fsp3) is 0.769. The lowest BCUT2D eigenvalue weighted by Crippen LogP contribution is -2.49. The Balaban J connectivity index is 1.98. The molecule has 1 atom stereocenters. The number of hydrogen-bond acceptors (Lipinski definition) is 4. The molecule has 100 valence electrons. The van der Waals surface area contributed by atoms with Crippen LogP contribution in [-0.2, 0) is 19.1 Å². The quantitative estimate of drug-likeness (QED) is 0.697. The van der Waals surface area contributed by atoms with Gasteiger partial charge in [0.25, 0.3) is 0 Å². The Morgan fingerprint density at radius 2 is 1.94 bits per heavy atom. The third-order valence-electron chi connectivity index (χ3n) is 3.56. The Labute approximate surface area is 106 Å². The first-order valence-corrected chi connectivity index (χ1v) is 6.33. The zero-order chi connectivity index (χ0) is 13.3. The summed E-state index contributed by atoms with van der Waals surface area (Å²) >= 11 is 0. The van der Waals surface area contributed by atoms with Crippen molar-refractivity contribution in [1.29, 1.82) is 0 Å². The highest BCUT2D eigenvalue weighted by Crippen LogP contribution is 2.31. The van der Waals surface area contributed by atoms with Gasteiger partial charge in [0.2, 0.25) is 11.8 Å². The molecule has 2 rings (SSSR count). The maximum Gasteiger partial charge on any atom is 0.230 e. The van der Waals surface area contributed by atoms with Crippen LogP contribution in [0.25, 0.3) is 0 Å². The topological polar surface area (TPSA) is 63.7 Å². The van der Waals surface area contributed by atoms with Gasteiger partial charge in [-0.15, -0.1) is 0 Å². The number of imide groups is 1. The molecule has 2 fully saturated rings. The van der Waals surface area contributed by atoms with Gasteiger partial charge in [-0.1, -0.05) is 13.8 Å². The number of hydrogen-bond donors (Lipinski definition) is 0. The number of nitrogens with zero attached hydrogens (tertiary/aromatic N) is 1. The van der Waals surface area contributed by atoms with E-state index in [0.29, 0.717) is 32.5 Å². The molecule has 0 saturated carbocycles. The summed E-state index contributed by atoms with van der Waals surface area (Å²) in [5, 5.41) is 0. The number of ether oxygens (including phenoxy) is 1. The first-order chi connectivity index (χ1) is 8.39. The van der Waals surface area contributed by atoms with Gasteiger partial charge in [0.15, 0.2) is 5.78 Å². The number of piperidine rings is 1. The summed E-state index contributed by atoms with van der Waals surface area (Å²) in [5.74, 6) is -0.679. The lowest BCUT2D eigenvalue weighted by atomic mass is 9.81. The predicted molar refractivity (Wildman–Crippen MR) is 63.7 cm³/mol. The SMILES string of the molecule is CC1(C)CC(=O)N(CC(=O)C2CCOC2)C(=O)C1. The van der Waals surface area contributed by atoms with Gasteiger partial charge in [0.1, 0.15) is 0 Å². The average Bonchev–Trinajstić information content (AvgIpc) is 2.75. The Kier molecular flexibility index (Phi) is 3.52. The highest BCUT2D eigenvalue weighted by molar-refractivity contribution is 6.02. The minimum absolute atomic E-state index is 0.0612. The van der Waals surface area contributed by atoms with E-state index in [0.717, 1.165) is 4.90 Å². The summed E-state index contributed by atoms with van der Waals surface area (Å²) < 4.78 is 5.14. The van der Waals surface area contributed by atoms with Crippen molar-refractivity contribution in [2.75, 3.05) is 19.8 Å². The molecule has 0 radical (unpaired) electrons. The zero-order valence-electron chi connectivity index (χ0n) is 10.9. The molecule has 2 aliphatic rings. The van der Waals surface area contributed by atoms with Gasteiger partial charge in [-0.2, -0.15) is 0 Å². The summed E-state index contributed by atoms with van der Waals surface area (Å²) in [4.78, 5) is 36.8. The average molecular weight is 253 g/mol. The van der Waals surface area contributed by atoms with Gasteiger partial charge < -0.3 is 4.74 Å². The normalized spacial score (nSPS) is 27.7. The number of amides is 2. The molecule has 2 heterocycles.